The lowest BCUT2D eigenvalue weighted by molar-refractivity contribution is 0.0225. The maximum absolute atomic E-state index is 14.0. The highest BCUT2D eigenvalue weighted by atomic mass is 32.1. The van der Waals surface area contributed by atoms with Gasteiger partial charge in [0.05, 0.1) is 24.1 Å². The molecule has 1 amide bonds. The Hall–Kier alpha value is -3.83. The quantitative estimate of drug-likeness (QED) is 0.265. The smallest absolute Gasteiger partial charge is 0.410 e. The first-order valence-corrected chi connectivity index (χ1v) is 14.1. The van der Waals surface area contributed by atoms with E-state index in [2.05, 4.69) is 5.10 Å². The number of pyridine rings is 1. The van der Waals surface area contributed by atoms with Crippen molar-refractivity contribution in [2.45, 2.75) is 39.3 Å². The van der Waals surface area contributed by atoms with E-state index in [1.54, 1.807) is 21.8 Å². The summed E-state index contributed by atoms with van der Waals surface area (Å²) in [6.45, 7) is 6.46. The van der Waals surface area contributed by atoms with Crippen LogP contribution < -0.4 is 0 Å². The first-order chi connectivity index (χ1) is 18.6. The number of carbonyl (C=O) groups excluding carboxylic acids is 1. The van der Waals surface area contributed by atoms with Crippen LogP contribution >= 0.6 is 22.7 Å². The second-order valence-corrected chi connectivity index (χ2v) is 12.5. The van der Waals surface area contributed by atoms with Crippen LogP contribution in [0.5, 0.6) is 5.75 Å². The van der Waals surface area contributed by atoms with E-state index in [0.717, 1.165) is 38.0 Å². The van der Waals surface area contributed by atoms with Crippen LogP contribution in [0, 0.1) is 5.82 Å². The largest absolute Gasteiger partial charge is 0.507 e. The van der Waals surface area contributed by atoms with Gasteiger partial charge in [0.15, 0.2) is 0 Å². The summed E-state index contributed by atoms with van der Waals surface area (Å²) >= 11 is 3.00. The molecule has 6 rings (SSSR count). The van der Waals surface area contributed by atoms with Gasteiger partial charge in [-0.1, -0.05) is 0 Å². The number of aryl methyl sites for hydroxylation is 1. The average Bonchev–Trinajstić information content (AvgIpc) is 3.61. The summed E-state index contributed by atoms with van der Waals surface area (Å²) in [6.07, 6.45) is 3.92. The van der Waals surface area contributed by atoms with Crippen LogP contribution in [0.2, 0.25) is 0 Å². The minimum absolute atomic E-state index is 0.167. The van der Waals surface area contributed by atoms with E-state index in [-0.39, 0.29) is 11.8 Å². The van der Waals surface area contributed by atoms with Gasteiger partial charge in [0.1, 0.15) is 27.9 Å². The molecule has 5 heterocycles. The van der Waals surface area contributed by atoms with Crippen molar-refractivity contribution in [3.63, 3.8) is 0 Å². The number of phenols is 1. The Labute approximate surface area is 232 Å². The number of carbonyl (C=O) groups is 1. The molecular weight excluding hydrogens is 537 g/mol. The number of halogens is 1. The van der Waals surface area contributed by atoms with E-state index in [1.807, 2.05) is 45.5 Å². The number of thiazole rings is 1. The molecule has 11 heteroatoms. The summed E-state index contributed by atoms with van der Waals surface area (Å²) in [6, 6.07) is 6.01. The number of fused-ring (bicyclic) bond motifs is 2. The summed E-state index contributed by atoms with van der Waals surface area (Å²) in [5.41, 5.74) is 3.71. The van der Waals surface area contributed by atoms with Crippen LogP contribution in [0.1, 0.15) is 31.3 Å². The lowest BCUT2D eigenvalue weighted by Gasteiger charge is -2.29. The summed E-state index contributed by atoms with van der Waals surface area (Å²) < 4.78 is 22.2. The van der Waals surface area contributed by atoms with Crippen LogP contribution in [-0.2, 0) is 24.8 Å². The zero-order valence-corrected chi connectivity index (χ0v) is 23.5. The Morgan fingerprint density at radius 1 is 1.18 bits per heavy atom. The first kappa shape index (κ1) is 25.4. The fourth-order valence-corrected chi connectivity index (χ4v) is 6.76. The zero-order chi connectivity index (χ0) is 27.5. The molecule has 1 aliphatic heterocycles. The molecule has 200 valence electrons. The Morgan fingerprint density at radius 3 is 2.72 bits per heavy atom. The minimum atomic E-state index is -0.578. The summed E-state index contributed by atoms with van der Waals surface area (Å²) in [5, 5.41) is 18.7. The number of aromatic nitrogens is 4. The SMILES string of the molecule is Cn1cc(-c2nc(-c3nc4c(s3)CN(C(=O)OC(C)(C)C)CC4)c(-c3ccc(F)cc3O)c3sccc23)cn1. The molecule has 1 N–H and O–H groups in total. The maximum atomic E-state index is 14.0. The fraction of sp³-hybridized carbons (Fsp3) is 0.286. The van der Waals surface area contributed by atoms with Crippen molar-refractivity contribution >= 4 is 38.9 Å². The molecular formula is C28H26FN5O3S2. The van der Waals surface area contributed by atoms with Crippen LogP contribution in [0.15, 0.2) is 42.0 Å². The van der Waals surface area contributed by atoms with E-state index in [9.17, 15) is 14.3 Å². The lowest BCUT2D eigenvalue weighted by Crippen LogP contribution is -2.39. The number of phenolic OH excluding ortho intramolecular Hbond substituents is 1. The molecule has 0 unspecified atom stereocenters. The molecule has 39 heavy (non-hydrogen) atoms. The first-order valence-electron chi connectivity index (χ1n) is 12.4. The second-order valence-electron chi connectivity index (χ2n) is 10.5. The molecule has 0 atom stereocenters. The summed E-state index contributed by atoms with van der Waals surface area (Å²) in [7, 11) is 1.85. The van der Waals surface area contributed by atoms with Crippen LogP contribution in [0.4, 0.5) is 9.18 Å². The maximum Gasteiger partial charge on any atom is 0.410 e. The number of amides is 1. The molecule has 0 saturated carbocycles. The molecule has 0 radical (unpaired) electrons. The minimum Gasteiger partial charge on any atom is -0.507 e. The third-order valence-corrected chi connectivity index (χ3v) is 8.42. The van der Waals surface area contributed by atoms with Crippen LogP contribution in [0.3, 0.4) is 0 Å². The Morgan fingerprint density at radius 2 is 2.00 bits per heavy atom. The molecule has 0 bridgehead atoms. The summed E-state index contributed by atoms with van der Waals surface area (Å²) in [5.74, 6) is -0.689. The van der Waals surface area contributed by atoms with Crippen molar-refractivity contribution in [3.8, 4) is 38.8 Å². The van der Waals surface area contributed by atoms with E-state index < -0.39 is 11.4 Å². The van der Waals surface area contributed by atoms with E-state index in [4.69, 9.17) is 14.7 Å². The topological polar surface area (TPSA) is 93.4 Å². The monoisotopic (exact) mass is 563 g/mol. The van der Waals surface area contributed by atoms with Gasteiger partial charge in [0.25, 0.3) is 0 Å². The number of nitrogens with zero attached hydrogens (tertiary/aromatic N) is 5. The van der Waals surface area contributed by atoms with Gasteiger partial charge in [-0.25, -0.2) is 19.2 Å². The number of benzene rings is 1. The number of hydrogen-bond acceptors (Lipinski definition) is 8. The Bertz CT molecular complexity index is 1730. The third-order valence-electron chi connectivity index (χ3n) is 6.40. The second kappa shape index (κ2) is 9.42. The Kier molecular flexibility index (Phi) is 6.15. The molecule has 0 spiro atoms. The highest BCUT2D eigenvalue weighted by Crippen LogP contribution is 2.47. The van der Waals surface area contributed by atoms with Crippen LogP contribution in [0.25, 0.3) is 43.2 Å². The number of aromatic hydroxyl groups is 1. The standard InChI is InChI=1S/C28H26FN5O3S2/c1-28(2,3)37-27(36)34-9-7-19-21(14-34)39-26(31-19)24-22(17-6-5-16(29)11-20(17)35)25-18(8-10-38-25)23(32-24)15-12-30-33(4)13-15/h5-6,8,10-13,35H,7,9,14H2,1-4H3. The predicted octanol–water partition coefficient (Wildman–Crippen LogP) is 6.63. The van der Waals surface area contributed by atoms with E-state index in [1.165, 1.54) is 28.7 Å². The van der Waals surface area contributed by atoms with Crippen molar-refractivity contribution in [1.82, 2.24) is 24.6 Å². The van der Waals surface area contributed by atoms with E-state index in [0.29, 0.717) is 41.3 Å². The highest BCUT2D eigenvalue weighted by molar-refractivity contribution is 7.18. The molecule has 5 aromatic rings. The number of rotatable bonds is 3. The van der Waals surface area contributed by atoms with Crippen molar-refractivity contribution in [2.75, 3.05) is 6.54 Å². The summed E-state index contributed by atoms with van der Waals surface area (Å²) in [4.78, 5) is 25.5. The number of ether oxygens (including phenoxy) is 1. The van der Waals surface area contributed by atoms with Crippen molar-refractivity contribution in [3.05, 3.63) is 58.4 Å². The number of hydrogen-bond donors (Lipinski definition) is 1. The van der Waals surface area contributed by atoms with Gasteiger partial charge in [-0.2, -0.15) is 5.10 Å². The zero-order valence-electron chi connectivity index (χ0n) is 21.9. The van der Waals surface area contributed by atoms with Crippen molar-refractivity contribution < 1.29 is 19.0 Å². The van der Waals surface area contributed by atoms with Gasteiger partial charge < -0.3 is 14.7 Å². The average molecular weight is 564 g/mol. The third kappa shape index (κ3) is 4.76. The lowest BCUT2D eigenvalue weighted by atomic mass is 9.99. The molecule has 0 saturated heterocycles. The molecule has 4 aromatic heterocycles. The van der Waals surface area contributed by atoms with Gasteiger partial charge in [-0.15, -0.1) is 22.7 Å². The van der Waals surface area contributed by atoms with Gasteiger partial charge in [-0.05, 0) is 44.4 Å². The van der Waals surface area contributed by atoms with Crippen LogP contribution in [-0.4, -0.2) is 48.0 Å². The van der Waals surface area contributed by atoms with Gasteiger partial charge in [0.2, 0.25) is 0 Å². The molecule has 1 aliphatic rings. The Balaban J connectivity index is 1.52. The highest BCUT2D eigenvalue weighted by Gasteiger charge is 2.30. The van der Waals surface area contributed by atoms with Crippen molar-refractivity contribution in [2.24, 2.45) is 7.05 Å². The normalized spacial score (nSPS) is 13.6. The van der Waals surface area contributed by atoms with Crippen molar-refractivity contribution in [1.29, 1.82) is 0 Å². The number of thiophene rings is 1. The molecule has 0 aliphatic carbocycles. The van der Waals surface area contributed by atoms with Gasteiger partial charge in [0, 0.05) is 63.9 Å². The predicted molar refractivity (Wildman–Crippen MR) is 150 cm³/mol. The van der Waals surface area contributed by atoms with E-state index >= 15 is 0 Å². The molecule has 8 nitrogen and oxygen atoms in total. The molecule has 1 aromatic carbocycles. The van der Waals surface area contributed by atoms with Gasteiger partial charge in [-0.3, -0.25) is 4.68 Å². The molecule has 0 fully saturated rings. The van der Waals surface area contributed by atoms with Gasteiger partial charge >= 0.3 is 6.09 Å². The fourth-order valence-electron chi connectivity index (χ4n) is 4.69.